The first-order valence-corrected chi connectivity index (χ1v) is 44.8. The molecule has 0 aliphatic rings. The number of hydrogen-bond donors (Lipinski definition) is 24. The largest absolute Gasteiger partial charge is 0.391 e. The highest BCUT2D eigenvalue weighted by atomic mass is 16.3. The molecule has 0 aliphatic heterocycles. The summed E-state index contributed by atoms with van der Waals surface area (Å²) in [6.45, 7) is 22.0. The second-order valence-electron chi connectivity index (χ2n) is 34.8. The van der Waals surface area contributed by atoms with Gasteiger partial charge < -0.3 is 130 Å². The number of nitrogens with two attached hydrogens (primary N) is 7. The number of rotatable bonds is 62. The number of H-pyrrole nitrogens is 1. The molecule has 31 N–H and O–H groups in total. The molecule has 2 aromatic carbocycles. The van der Waals surface area contributed by atoms with Crippen LogP contribution in [-0.2, 0) is 84.8 Å². The molecule has 0 bridgehead atoms. The third-order valence-electron chi connectivity index (χ3n) is 21.6. The summed E-state index contributed by atoms with van der Waals surface area (Å²) in [6, 6.07) is -4.10. The minimum Gasteiger partial charge on any atom is -0.391 e. The fourth-order valence-electron chi connectivity index (χ4n) is 14.1. The number of fused-ring (bicyclic) bond motifs is 1. The van der Waals surface area contributed by atoms with Crippen molar-refractivity contribution in [3.63, 3.8) is 0 Å². The molecule has 17 atom stereocenters. The van der Waals surface area contributed by atoms with Gasteiger partial charge in [0, 0.05) is 29.9 Å². The molecule has 0 spiro atoms. The number of nitrogens with one attached hydrogen (secondary N) is 15. The van der Waals surface area contributed by atoms with Gasteiger partial charge in [-0.2, -0.15) is 0 Å². The second kappa shape index (κ2) is 58.2. The van der Waals surface area contributed by atoms with E-state index in [1.807, 2.05) is 24.3 Å². The number of unbranched alkanes of at least 4 members (excludes halogenated alkanes) is 5. The number of amides is 15. The average molecular weight is 1790 g/mol. The van der Waals surface area contributed by atoms with E-state index in [4.69, 9.17) is 40.1 Å². The fraction of sp³-hybridized carbons (Fsp3) is 0.670. The van der Waals surface area contributed by atoms with Gasteiger partial charge in [0.05, 0.1) is 18.2 Å². The Bertz CT molecular complexity index is 3980. The maximum Gasteiger partial charge on any atom is 0.245 e. The molecular weight excluding hydrogens is 1640 g/mol. The van der Waals surface area contributed by atoms with Crippen LogP contribution in [-0.4, -0.2) is 239 Å². The number of para-hydroxylation sites is 1. The Labute approximate surface area is 746 Å². The fourth-order valence-corrected chi connectivity index (χ4v) is 14.1. The Morgan fingerprint density at radius 3 is 1.00 bits per heavy atom. The highest BCUT2D eigenvalue weighted by molar-refractivity contribution is 6.01. The van der Waals surface area contributed by atoms with Gasteiger partial charge in [-0.25, -0.2) is 0 Å². The van der Waals surface area contributed by atoms with Crippen LogP contribution in [0.2, 0.25) is 0 Å². The van der Waals surface area contributed by atoms with Gasteiger partial charge in [-0.1, -0.05) is 124 Å². The van der Waals surface area contributed by atoms with E-state index in [9.17, 15) is 82.1 Å². The number of benzene rings is 2. The van der Waals surface area contributed by atoms with Crippen molar-refractivity contribution in [2.24, 2.45) is 69.7 Å². The standard InChI is InChI=1S/C88H150N22O17/c1-48(2)43-65(81(120)100-63(36-22-27-41-92)79(118)107-70(51(7)8)86(125)104-66(44-49(3)4)84(123)110-73(55(13)112)88(127)109-72(54(12)111)74(95)113)103-85(124)69(50(5)6)106-75(114)53(11)97-77(116)61(34-20-25-39-90)98-78(117)62(35-21-26-40-91)99-82(121)67(45-56-29-15-14-16-30-56)105-87(126)71(52(9)10)108-80(119)64(37-23-28-42-93)101-83(122)68(102-76(115)59(94)32-19-24-38-89)46-57-47-96-60-33-18-17-31-58(57)60/h14-18,29-31,33,47-55,59,61-73,96,111-112H,19-28,32,34-46,89-94H2,1-13H3,(H2,95,113)(H,97,116)(H,98,117)(H,99,121)(H,100,120)(H,101,122)(H,102,115)(H,103,124)(H,104,125)(H,105,126)(H,106,114)(H,107,118)(H,108,119)(H,109,127)(H,110,123)/t53-,54+,55+,59-,61-,62-,63-,64-,65-,66-,67-,68-,69-,70-,71-,72-,73-/m0/s1. The Kier molecular flexibility index (Phi) is 50.8. The molecule has 1 heterocycles. The van der Waals surface area contributed by atoms with Gasteiger partial charge in [-0.3, -0.25) is 71.9 Å². The summed E-state index contributed by atoms with van der Waals surface area (Å²) in [6.07, 6.45) is 3.29. The van der Waals surface area contributed by atoms with E-state index >= 15 is 0 Å². The third kappa shape index (κ3) is 39.5. The molecule has 127 heavy (non-hydrogen) atoms. The van der Waals surface area contributed by atoms with Gasteiger partial charge in [0.25, 0.3) is 0 Å². The van der Waals surface area contributed by atoms with E-state index in [0.717, 1.165) is 10.9 Å². The lowest BCUT2D eigenvalue weighted by Crippen LogP contribution is -2.62. The average Bonchev–Trinajstić information content (AvgIpc) is 1.69. The van der Waals surface area contributed by atoms with Gasteiger partial charge >= 0.3 is 0 Å². The molecule has 0 aliphatic carbocycles. The number of aliphatic hydroxyl groups excluding tert-OH is 2. The lowest BCUT2D eigenvalue weighted by atomic mass is 9.98. The highest BCUT2D eigenvalue weighted by Crippen LogP contribution is 2.22. The summed E-state index contributed by atoms with van der Waals surface area (Å²) >= 11 is 0. The van der Waals surface area contributed by atoms with Crippen LogP contribution in [0.5, 0.6) is 0 Å². The van der Waals surface area contributed by atoms with Crippen molar-refractivity contribution < 1.29 is 82.1 Å². The van der Waals surface area contributed by atoms with Crippen molar-refractivity contribution in [3.05, 3.63) is 71.9 Å². The molecule has 0 unspecified atom stereocenters. The van der Waals surface area contributed by atoms with E-state index in [1.54, 1.807) is 106 Å². The van der Waals surface area contributed by atoms with Gasteiger partial charge in [-0.05, 0) is 203 Å². The van der Waals surface area contributed by atoms with Crippen molar-refractivity contribution in [2.75, 3.05) is 32.7 Å². The molecule has 0 fully saturated rings. The van der Waals surface area contributed by atoms with Crippen LogP contribution >= 0.6 is 0 Å². The quantitative estimate of drug-likeness (QED) is 0.0273. The first-order chi connectivity index (χ1) is 60.0. The summed E-state index contributed by atoms with van der Waals surface area (Å²) < 4.78 is 0. The summed E-state index contributed by atoms with van der Waals surface area (Å²) in [7, 11) is 0. The predicted octanol–water partition coefficient (Wildman–Crippen LogP) is -1.96. The van der Waals surface area contributed by atoms with E-state index in [1.165, 1.54) is 20.8 Å². The number of hydrogen-bond acceptors (Lipinski definition) is 23. The summed E-state index contributed by atoms with van der Waals surface area (Å²) in [4.78, 5) is 217. The summed E-state index contributed by atoms with van der Waals surface area (Å²) in [5.41, 5.74) is 43.1. The summed E-state index contributed by atoms with van der Waals surface area (Å²) in [5.74, 6) is -14.8. The van der Waals surface area contributed by atoms with Crippen molar-refractivity contribution in [1.82, 2.24) is 79.4 Å². The van der Waals surface area contributed by atoms with Crippen molar-refractivity contribution in [2.45, 2.75) is 315 Å². The van der Waals surface area contributed by atoms with E-state index in [2.05, 4.69) is 79.4 Å². The van der Waals surface area contributed by atoms with Crippen LogP contribution in [0.4, 0.5) is 0 Å². The van der Waals surface area contributed by atoms with E-state index in [-0.39, 0.29) is 89.4 Å². The minimum atomic E-state index is -1.69. The predicted molar refractivity (Wildman–Crippen MR) is 483 cm³/mol. The van der Waals surface area contributed by atoms with Crippen molar-refractivity contribution in [1.29, 1.82) is 0 Å². The first-order valence-electron chi connectivity index (χ1n) is 44.8. The number of primary amides is 1. The Morgan fingerprint density at radius 2 is 0.614 bits per heavy atom. The molecule has 714 valence electrons. The lowest BCUT2D eigenvalue weighted by molar-refractivity contribution is -0.137. The van der Waals surface area contributed by atoms with Crippen LogP contribution in [0.25, 0.3) is 10.9 Å². The maximum absolute atomic E-state index is 15.0. The van der Waals surface area contributed by atoms with Gasteiger partial charge in [0.15, 0.2) is 0 Å². The summed E-state index contributed by atoms with van der Waals surface area (Å²) in [5, 5.41) is 59.2. The number of carbonyl (C=O) groups excluding carboxylic acids is 15. The SMILES string of the molecule is CC(C)C[C@H](NC(=O)[C@@H](NC(=O)[C@H](C)NC(=O)[C@H](CCCCN)NC(=O)[C@H](CCCCN)NC(=O)[C@H](Cc1ccccc1)NC(=O)[C@@H](NC(=O)[C@H](CCCCN)NC(=O)[C@H](Cc1c[nH]c2ccccc12)NC(=O)[C@@H](N)CCCCN)C(C)C)C(C)C)C(=O)N[C@@H](CCCCN)C(=O)N[C@H](C(=O)N[C@@H](CC(C)C)C(=O)N[C@H](C(=O)N[C@H](C(N)=O)[C@@H](C)O)[C@@H](C)O)C(C)C. The maximum atomic E-state index is 15.0. The molecule has 15 amide bonds. The van der Waals surface area contributed by atoms with Crippen LogP contribution in [0.1, 0.15) is 210 Å². The zero-order chi connectivity index (χ0) is 95.3. The molecule has 39 nitrogen and oxygen atoms in total. The third-order valence-corrected chi connectivity index (χ3v) is 21.6. The lowest BCUT2D eigenvalue weighted by Gasteiger charge is -2.30. The van der Waals surface area contributed by atoms with Crippen LogP contribution in [0.15, 0.2) is 60.8 Å². The number of aromatic nitrogens is 1. The highest BCUT2D eigenvalue weighted by Gasteiger charge is 2.41. The van der Waals surface area contributed by atoms with Crippen molar-refractivity contribution >= 4 is 99.5 Å². The zero-order valence-corrected chi connectivity index (χ0v) is 76.5. The van der Waals surface area contributed by atoms with Crippen molar-refractivity contribution in [3.8, 4) is 0 Å². The molecule has 39 heteroatoms. The normalized spacial score (nSPS) is 15.6. The van der Waals surface area contributed by atoms with Crippen LogP contribution in [0.3, 0.4) is 0 Å². The number of aliphatic hydroxyl groups is 2. The second-order valence-corrected chi connectivity index (χ2v) is 34.8. The zero-order valence-electron chi connectivity index (χ0n) is 76.5. The molecule has 1 aromatic heterocycles. The van der Waals surface area contributed by atoms with Crippen LogP contribution in [0, 0.1) is 29.6 Å². The number of aromatic amines is 1. The molecule has 0 radical (unpaired) electrons. The van der Waals surface area contributed by atoms with Gasteiger partial charge in [0.1, 0.15) is 84.6 Å². The molecular formula is C88H150N22O17. The molecule has 0 saturated heterocycles. The monoisotopic (exact) mass is 1790 g/mol. The van der Waals surface area contributed by atoms with E-state index < -0.39 is 209 Å². The topological polar surface area (TPSA) is 663 Å². The number of carbonyl (C=O) groups is 15. The first kappa shape index (κ1) is 111. The Hall–Kier alpha value is -10.3. The Morgan fingerprint density at radius 1 is 0.315 bits per heavy atom. The minimum absolute atomic E-state index is 0.00227. The van der Waals surface area contributed by atoms with Crippen LogP contribution < -0.4 is 115 Å². The molecule has 3 aromatic rings. The smallest absolute Gasteiger partial charge is 0.245 e. The van der Waals surface area contributed by atoms with Gasteiger partial charge in [0.2, 0.25) is 88.6 Å². The molecule has 3 rings (SSSR count). The van der Waals surface area contributed by atoms with Gasteiger partial charge in [-0.15, -0.1) is 0 Å². The van der Waals surface area contributed by atoms with E-state index in [0.29, 0.717) is 88.3 Å². The molecule has 0 saturated carbocycles. The Balaban J connectivity index is 1.92.